The van der Waals surface area contributed by atoms with Crippen molar-refractivity contribution in [3.63, 3.8) is 0 Å². The van der Waals surface area contributed by atoms with Crippen LogP contribution in [0.25, 0.3) is 0 Å². The zero-order valence-corrected chi connectivity index (χ0v) is 10.7. The van der Waals surface area contributed by atoms with Crippen LogP contribution >= 0.6 is 0 Å². The first-order valence-corrected chi connectivity index (χ1v) is 6.09. The van der Waals surface area contributed by atoms with Crippen LogP contribution < -0.4 is 5.56 Å². The molecule has 1 heterocycles. The van der Waals surface area contributed by atoms with Crippen LogP contribution in [0.2, 0.25) is 0 Å². The van der Waals surface area contributed by atoms with E-state index in [0.29, 0.717) is 17.7 Å². The molecule has 0 spiro atoms. The number of rotatable bonds is 5. The highest BCUT2D eigenvalue weighted by Crippen LogP contribution is 2.28. The molecule has 0 aliphatic rings. The Bertz CT molecular complexity index is 437. The van der Waals surface area contributed by atoms with Gasteiger partial charge in [-0.05, 0) is 20.3 Å². The molecule has 1 aromatic heterocycles. The fraction of sp³-hybridized carbons (Fsp3) is 0.615. The summed E-state index contributed by atoms with van der Waals surface area (Å²) in [5, 5.41) is 19.9. The molecule has 4 heteroatoms. The number of aryl methyl sites for hydroxylation is 1. The summed E-state index contributed by atoms with van der Waals surface area (Å²) < 4.78 is 0. The number of aliphatic hydroxyl groups is 1. The van der Waals surface area contributed by atoms with Crippen LogP contribution in [0.5, 0.6) is 5.75 Å². The van der Waals surface area contributed by atoms with E-state index in [2.05, 4.69) is 11.9 Å². The Labute approximate surface area is 101 Å². The largest absolute Gasteiger partial charge is 0.507 e. The molecule has 0 saturated carbocycles. The maximum absolute atomic E-state index is 11.7. The molecule has 1 rings (SSSR count). The second kappa shape index (κ2) is 5.87. The quantitative estimate of drug-likeness (QED) is 0.690. The summed E-state index contributed by atoms with van der Waals surface area (Å²) in [6.07, 6.45) is 2.54. The smallest absolute Gasteiger partial charge is 0.257 e. The van der Waals surface area contributed by atoms with Gasteiger partial charge in [0.05, 0.1) is 11.7 Å². The third kappa shape index (κ3) is 3.09. The first-order valence-electron chi connectivity index (χ1n) is 6.09. The van der Waals surface area contributed by atoms with E-state index < -0.39 is 11.7 Å². The number of aromatic hydroxyl groups is 1. The molecule has 0 aromatic carbocycles. The van der Waals surface area contributed by atoms with Crippen LogP contribution in [-0.4, -0.2) is 15.2 Å². The van der Waals surface area contributed by atoms with Crippen LogP contribution in [0.15, 0.2) is 4.79 Å². The van der Waals surface area contributed by atoms with Crippen LogP contribution in [0, 0.1) is 13.8 Å². The molecule has 0 aliphatic carbocycles. The van der Waals surface area contributed by atoms with Gasteiger partial charge in [-0.25, -0.2) is 0 Å². The molecule has 0 fully saturated rings. The lowest BCUT2D eigenvalue weighted by molar-refractivity contribution is 0.158. The van der Waals surface area contributed by atoms with Gasteiger partial charge in [0.25, 0.3) is 5.56 Å². The van der Waals surface area contributed by atoms with Crippen molar-refractivity contribution < 1.29 is 10.2 Å². The Hall–Kier alpha value is -1.29. The minimum absolute atomic E-state index is 0.0738. The van der Waals surface area contributed by atoms with Crippen molar-refractivity contribution in [3.8, 4) is 5.75 Å². The molecule has 0 amide bonds. The number of aromatic amines is 1. The number of H-pyrrole nitrogens is 1. The van der Waals surface area contributed by atoms with Gasteiger partial charge in [0, 0.05) is 11.3 Å². The van der Waals surface area contributed by atoms with Gasteiger partial charge in [-0.1, -0.05) is 26.2 Å². The van der Waals surface area contributed by atoms with Crippen LogP contribution in [0.4, 0.5) is 0 Å². The first-order chi connectivity index (χ1) is 7.99. The lowest BCUT2D eigenvalue weighted by atomic mass is 10.0. The van der Waals surface area contributed by atoms with Gasteiger partial charge < -0.3 is 15.2 Å². The summed E-state index contributed by atoms with van der Waals surface area (Å²) in [6.45, 7) is 5.53. The Balaban J connectivity index is 2.97. The summed E-state index contributed by atoms with van der Waals surface area (Å²) >= 11 is 0. The average Bonchev–Trinajstić information content (AvgIpc) is 2.26. The number of aromatic nitrogens is 1. The number of hydrogen-bond acceptors (Lipinski definition) is 3. The summed E-state index contributed by atoms with van der Waals surface area (Å²) in [5.74, 6) is -0.0738. The van der Waals surface area contributed by atoms with Crippen molar-refractivity contribution in [2.45, 2.75) is 52.6 Å². The normalized spacial score (nSPS) is 12.7. The third-order valence-electron chi connectivity index (χ3n) is 3.13. The summed E-state index contributed by atoms with van der Waals surface area (Å²) in [6, 6.07) is 0. The molecule has 96 valence electrons. The molecular formula is C13H21NO3. The topological polar surface area (TPSA) is 73.3 Å². The van der Waals surface area contributed by atoms with E-state index in [1.807, 2.05) is 0 Å². The first kappa shape index (κ1) is 13.8. The fourth-order valence-corrected chi connectivity index (χ4v) is 1.86. The van der Waals surface area contributed by atoms with Crippen molar-refractivity contribution in [1.82, 2.24) is 4.98 Å². The summed E-state index contributed by atoms with van der Waals surface area (Å²) in [7, 11) is 0. The van der Waals surface area contributed by atoms with Crippen molar-refractivity contribution in [3.05, 3.63) is 27.2 Å². The Kier molecular flexibility index (Phi) is 4.75. The molecule has 0 aliphatic heterocycles. The summed E-state index contributed by atoms with van der Waals surface area (Å²) in [4.78, 5) is 14.4. The maximum atomic E-state index is 11.7. The van der Waals surface area contributed by atoms with E-state index in [4.69, 9.17) is 0 Å². The lowest BCUT2D eigenvalue weighted by Gasteiger charge is -2.14. The third-order valence-corrected chi connectivity index (χ3v) is 3.13. The van der Waals surface area contributed by atoms with E-state index in [9.17, 15) is 15.0 Å². The van der Waals surface area contributed by atoms with Crippen LogP contribution in [-0.2, 0) is 0 Å². The second-order valence-electron chi connectivity index (χ2n) is 4.48. The molecule has 0 bridgehead atoms. The number of hydrogen-bond donors (Lipinski definition) is 3. The zero-order chi connectivity index (χ0) is 13.0. The zero-order valence-electron chi connectivity index (χ0n) is 10.7. The highest BCUT2D eigenvalue weighted by Gasteiger charge is 2.19. The Morgan fingerprint density at radius 3 is 2.53 bits per heavy atom. The summed E-state index contributed by atoms with van der Waals surface area (Å²) in [5.41, 5.74) is 0.963. The van der Waals surface area contributed by atoms with E-state index >= 15 is 0 Å². The van der Waals surface area contributed by atoms with E-state index in [0.717, 1.165) is 19.3 Å². The van der Waals surface area contributed by atoms with Gasteiger partial charge in [0.1, 0.15) is 5.75 Å². The Morgan fingerprint density at radius 1 is 1.29 bits per heavy atom. The van der Waals surface area contributed by atoms with Gasteiger partial charge in [-0.3, -0.25) is 4.79 Å². The molecular weight excluding hydrogens is 218 g/mol. The van der Waals surface area contributed by atoms with Gasteiger partial charge in [-0.15, -0.1) is 0 Å². The van der Waals surface area contributed by atoms with E-state index in [1.54, 1.807) is 13.8 Å². The number of aliphatic hydroxyl groups excluding tert-OH is 1. The van der Waals surface area contributed by atoms with Crippen molar-refractivity contribution in [2.75, 3.05) is 0 Å². The molecule has 17 heavy (non-hydrogen) atoms. The molecule has 1 atom stereocenters. The van der Waals surface area contributed by atoms with Gasteiger partial charge in [0.15, 0.2) is 0 Å². The highest BCUT2D eigenvalue weighted by atomic mass is 16.3. The molecule has 1 unspecified atom stereocenters. The Morgan fingerprint density at radius 2 is 1.94 bits per heavy atom. The minimum atomic E-state index is -0.885. The second-order valence-corrected chi connectivity index (χ2v) is 4.48. The predicted octanol–water partition coefficient (Wildman–Crippen LogP) is 2.31. The van der Waals surface area contributed by atoms with Crippen LogP contribution in [0.1, 0.15) is 55.5 Å². The molecule has 0 radical (unpaired) electrons. The van der Waals surface area contributed by atoms with E-state index in [-0.39, 0.29) is 11.3 Å². The van der Waals surface area contributed by atoms with Crippen molar-refractivity contribution >= 4 is 0 Å². The fourth-order valence-electron chi connectivity index (χ4n) is 1.86. The monoisotopic (exact) mass is 239 g/mol. The highest BCUT2D eigenvalue weighted by molar-refractivity contribution is 5.41. The van der Waals surface area contributed by atoms with E-state index in [1.165, 1.54) is 0 Å². The number of nitrogens with one attached hydrogen (secondary N) is 1. The van der Waals surface area contributed by atoms with Crippen LogP contribution in [0.3, 0.4) is 0 Å². The molecule has 1 aromatic rings. The number of pyridine rings is 1. The standard InChI is InChI=1S/C13H21NO3/c1-4-5-6-7-10(15)11-12(16)8(2)9(3)14-13(11)17/h10,15H,4-7H2,1-3H3,(H2,14,16,17). The van der Waals surface area contributed by atoms with Gasteiger partial charge in [0.2, 0.25) is 0 Å². The van der Waals surface area contributed by atoms with Gasteiger partial charge in [-0.2, -0.15) is 0 Å². The molecule has 3 N–H and O–H groups in total. The lowest BCUT2D eigenvalue weighted by Crippen LogP contribution is -2.18. The predicted molar refractivity (Wildman–Crippen MR) is 67.3 cm³/mol. The van der Waals surface area contributed by atoms with Gasteiger partial charge >= 0.3 is 0 Å². The van der Waals surface area contributed by atoms with Crippen molar-refractivity contribution in [2.24, 2.45) is 0 Å². The SMILES string of the molecule is CCCCCC(O)c1c(O)c(C)c(C)[nH]c1=O. The molecule has 4 nitrogen and oxygen atoms in total. The average molecular weight is 239 g/mol. The number of unbranched alkanes of at least 4 members (excludes halogenated alkanes) is 2. The minimum Gasteiger partial charge on any atom is -0.507 e. The maximum Gasteiger partial charge on any atom is 0.257 e. The molecule has 0 saturated heterocycles. The van der Waals surface area contributed by atoms with Crippen molar-refractivity contribution in [1.29, 1.82) is 0 Å².